The number of ether oxygens (including phenoxy) is 3. The van der Waals surface area contributed by atoms with Gasteiger partial charge in [0, 0.05) is 0 Å². The smallest absolute Gasteiger partial charge is 0.420 e. The molecule has 0 unspecified atom stereocenters. The second-order valence-electron chi connectivity index (χ2n) is 8.25. The van der Waals surface area contributed by atoms with Crippen LogP contribution in [0.1, 0.15) is 57.5 Å². The lowest BCUT2D eigenvalue weighted by atomic mass is 10.0. The largest absolute Gasteiger partial charge is 0.465 e. The average Bonchev–Trinajstić information content (AvgIpc) is 2.55. The van der Waals surface area contributed by atoms with Crippen LogP contribution in [-0.4, -0.2) is 46.3 Å². The van der Waals surface area contributed by atoms with Gasteiger partial charge in [0.05, 0.1) is 35.8 Å². The average molecular weight is 428 g/mol. The van der Waals surface area contributed by atoms with E-state index in [2.05, 4.69) is 4.74 Å². The van der Waals surface area contributed by atoms with Crippen LogP contribution in [0.15, 0.2) is 12.1 Å². The Labute approximate surface area is 173 Å². The van der Waals surface area contributed by atoms with Gasteiger partial charge in [-0.25, -0.2) is 23.7 Å². The zero-order valence-corrected chi connectivity index (χ0v) is 17.9. The third kappa shape index (κ3) is 6.98. The Bertz CT molecular complexity index is 827. The Kier molecular flexibility index (Phi) is 7.49. The topological polar surface area (TPSA) is 125 Å². The summed E-state index contributed by atoms with van der Waals surface area (Å²) in [6.45, 7) is 8.54. The fraction of sp³-hybridized carbons (Fsp3) is 0.526. The molecule has 0 aromatic heterocycles. The summed E-state index contributed by atoms with van der Waals surface area (Å²) in [7, 11) is 1.00. The lowest BCUT2D eigenvalue weighted by Crippen LogP contribution is -2.43. The molecular formula is C19H25FN2O8. The van der Waals surface area contributed by atoms with Crippen molar-refractivity contribution >= 4 is 23.8 Å². The number of carbonyl (C=O) groups excluding carboxylic acids is 3. The van der Waals surface area contributed by atoms with Crippen molar-refractivity contribution in [1.82, 2.24) is 4.90 Å². The van der Waals surface area contributed by atoms with Crippen molar-refractivity contribution in [2.45, 2.75) is 59.3 Å². The van der Waals surface area contributed by atoms with E-state index in [9.17, 15) is 28.9 Å². The van der Waals surface area contributed by atoms with E-state index in [0.717, 1.165) is 13.2 Å². The van der Waals surface area contributed by atoms with Gasteiger partial charge in [0.25, 0.3) is 5.69 Å². The molecule has 1 aromatic rings. The number of nitro benzene ring substituents is 1. The van der Waals surface area contributed by atoms with Gasteiger partial charge < -0.3 is 14.2 Å². The van der Waals surface area contributed by atoms with Gasteiger partial charge in [-0.2, -0.15) is 0 Å². The molecule has 2 amide bonds. The number of hydrogen-bond donors (Lipinski definition) is 0. The molecule has 30 heavy (non-hydrogen) atoms. The normalized spacial score (nSPS) is 11.5. The molecular weight excluding hydrogens is 403 g/mol. The van der Waals surface area contributed by atoms with Crippen LogP contribution < -0.4 is 0 Å². The lowest BCUT2D eigenvalue weighted by molar-refractivity contribution is -0.385. The summed E-state index contributed by atoms with van der Waals surface area (Å²) in [5, 5.41) is 11.5. The van der Waals surface area contributed by atoms with Crippen molar-refractivity contribution in [2.75, 3.05) is 7.11 Å². The van der Waals surface area contributed by atoms with Gasteiger partial charge in [-0.15, -0.1) is 0 Å². The molecule has 0 spiro atoms. The second-order valence-corrected chi connectivity index (χ2v) is 8.25. The van der Waals surface area contributed by atoms with E-state index >= 15 is 0 Å². The molecule has 166 valence electrons. The molecule has 0 heterocycles. The van der Waals surface area contributed by atoms with Crippen LogP contribution in [0.4, 0.5) is 19.7 Å². The number of hydrogen-bond acceptors (Lipinski definition) is 8. The van der Waals surface area contributed by atoms with Crippen molar-refractivity contribution in [3.63, 3.8) is 0 Å². The molecule has 0 aliphatic heterocycles. The van der Waals surface area contributed by atoms with Crippen molar-refractivity contribution < 1.29 is 37.9 Å². The highest BCUT2D eigenvalue weighted by molar-refractivity contribution is 5.93. The summed E-state index contributed by atoms with van der Waals surface area (Å²) >= 11 is 0. The van der Waals surface area contributed by atoms with E-state index in [1.807, 2.05) is 0 Å². The van der Waals surface area contributed by atoms with Crippen LogP contribution in [0.3, 0.4) is 0 Å². The lowest BCUT2D eigenvalue weighted by Gasteiger charge is -2.28. The quantitative estimate of drug-likeness (QED) is 0.302. The number of benzene rings is 1. The molecule has 10 nitrogen and oxygen atoms in total. The third-order valence-corrected chi connectivity index (χ3v) is 3.34. The van der Waals surface area contributed by atoms with Crippen LogP contribution in [0.2, 0.25) is 0 Å². The first-order chi connectivity index (χ1) is 13.6. The van der Waals surface area contributed by atoms with Gasteiger partial charge in [0.2, 0.25) is 0 Å². The fourth-order valence-electron chi connectivity index (χ4n) is 2.24. The Morgan fingerprint density at radius 2 is 1.50 bits per heavy atom. The van der Waals surface area contributed by atoms with E-state index in [-0.39, 0.29) is 0 Å². The Morgan fingerprint density at radius 1 is 1.03 bits per heavy atom. The van der Waals surface area contributed by atoms with Gasteiger partial charge in [-0.3, -0.25) is 10.1 Å². The maximum atomic E-state index is 13.9. The standard InChI is InChI=1S/C19H25FN2O8/c1-18(2,3)29-16(24)21(17(25)30-19(4,5)6)10-13-12(15(23)28-7)8-11(20)9-14(13)22(26)27/h8-9H,10H2,1-7H3. The number of nitrogens with zero attached hydrogens (tertiary/aromatic N) is 2. The summed E-state index contributed by atoms with van der Waals surface area (Å²) in [6.07, 6.45) is -2.32. The van der Waals surface area contributed by atoms with Crippen LogP contribution >= 0.6 is 0 Å². The number of amides is 2. The Hall–Kier alpha value is -3.24. The minimum atomic E-state index is -1.16. The zero-order valence-electron chi connectivity index (χ0n) is 17.9. The molecule has 0 aliphatic rings. The van der Waals surface area contributed by atoms with E-state index in [4.69, 9.17) is 9.47 Å². The highest BCUT2D eigenvalue weighted by atomic mass is 19.1. The van der Waals surface area contributed by atoms with E-state index in [0.29, 0.717) is 11.0 Å². The van der Waals surface area contributed by atoms with Crippen molar-refractivity contribution in [2.24, 2.45) is 0 Å². The monoisotopic (exact) mass is 428 g/mol. The molecule has 0 fully saturated rings. The van der Waals surface area contributed by atoms with Crippen LogP contribution in [0, 0.1) is 15.9 Å². The summed E-state index contributed by atoms with van der Waals surface area (Å²) in [5.41, 5.74) is -3.74. The molecule has 0 bridgehead atoms. The molecule has 0 saturated carbocycles. The number of rotatable bonds is 4. The van der Waals surface area contributed by atoms with E-state index in [1.165, 1.54) is 0 Å². The summed E-state index contributed by atoms with van der Waals surface area (Å²) in [5.74, 6) is -2.15. The van der Waals surface area contributed by atoms with Crippen LogP contribution in [0.5, 0.6) is 0 Å². The second kappa shape index (κ2) is 9.06. The number of carbonyl (C=O) groups is 3. The van der Waals surface area contributed by atoms with E-state index < -0.39 is 63.5 Å². The van der Waals surface area contributed by atoms with Crippen molar-refractivity contribution in [3.05, 3.63) is 39.2 Å². The zero-order chi connectivity index (χ0) is 23.4. The predicted octanol–water partition coefficient (Wildman–Crippen LogP) is 4.19. The molecule has 1 aromatic carbocycles. The highest BCUT2D eigenvalue weighted by Gasteiger charge is 2.35. The van der Waals surface area contributed by atoms with Gasteiger partial charge in [0.15, 0.2) is 0 Å². The van der Waals surface area contributed by atoms with Crippen molar-refractivity contribution in [1.29, 1.82) is 0 Å². The van der Waals surface area contributed by atoms with Gasteiger partial charge in [0.1, 0.15) is 17.0 Å². The van der Waals surface area contributed by atoms with Gasteiger partial charge >= 0.3 is 18.2 Å². The Morgan fingerprint density at radius 3 is 1.87 bits per heavy atom. The predicted molar refractivity (Wildman–Crippen MR) is 102 cm³/mol. The fourth-order valence-corrected chi connectivity index (χ4v) is 2.24. The molecule has 0 aliphatic carbocycles. The first kappa shape index (κ1) is 24.8. The first-order valence-electron chi connectivity index (χ1n) is 8.84. The summed E-state index contributed by atoms with van der Waals surface area (Å²) in [6, 6.07) is 1.29. The maximum Gasteiger partial charge on any atom is 0.420 e. The molecule has 11 heteroatoms. The van der Waals surface area contributed by atoms with Gasteiger partial charge in [-0.1, -0.05) is 0 Å². The molecule has 0 atom stereocenters. The first-order valence-corrected chi connectivity index (χ1v) is 8.84. The number of esters is 1. The molecule has 0 saturated heterocycles. The highest BCUT2D eigenvalue weighted by Crippen LogP contribution is 2.28. The number of halogens is 1. The van der Waals surface area contributed by atoms with Crippen molar-refractivity contribution in [3.8, 4) is 0 Å². The molecule has 1 rings (SSSR count). The SMILES string of the molecule is COC(=O)c1cc(F)cc([N+](=O)[O-])c1CN(C(=O)OC(C)(C)C)C(=O)OC(C)(C)C. The number of nitro groups is 1. The molecule has 0 N–H and O–H groups in total. The minimum absolute atomic E-state index is 0.412. The van der Waals surface area contributed by atoms with E-state index in [1.54, 1.807) is 41.5 Å². The number of imide groups is 1. The van der Waals surface area contributed by atoms with Crippen LogP contribution in [0.25, 0.3) is 0 Å². The maximum absolute atomic E-state index is 13.9. The minimum Gasteiger partial charge on any atom is -0.465 e. The van der Waals surface area contributed by atoms with Crippen LogP contribution in [-0.2, 0) is 20.8 Å². The summed E-state index contributed by atoms with van der Waals surface area (Å²) in [4.78, 5) is 48.3. The number of methoxy groups -OCH3 is 1. The molecule has 0 radical (unpaired) electrons. The summed E-state index contributed by atoms with van der Waals surface area (Å²) < 4.78 is 28.8. The third-order valence-electron chi connectivity index (χ3n) is 3.34. The Balaban J connectivity index is 3.57. The van der Waals surface area contributed by atoms with Gasteiger partial charge in [-0.05, 0) is 47.6 Å².